The molecular formula is C27H38N2O. The molecule has 2 heterocycles. The van der Waals surface area contributed by atoms with Gasteiger partial charge in [0.05, 0.1) is 0 Å². The van der Waals surface area contributed by atoms with E-state index in [-0.39, 0.29) is 11.3 Å². The van der Waals surface area contributed by atoms with Gasteiger partial charge in [0.25, 0.3) is 0 Å². The highest BCUT2D eigenvalue weighted by Gasteiger charge is 2.59. The molecule has 30 heavy (non-hydrogen) atoms. The molecule has 6 unspecified atom stereocenters. The first-order valence-electron chi connectivity index (χ1n) is 12.3. The third kappa shape index (κ3) is 2.83. The van der Waals surface area contributed by atoms with Crippen molar-refractivity contribution in [1.29, 1.82) is 0 Å². The molecule has 0 bridgehead atoms. The van der Waals surface area contributed by atoms with Crippen LogP contribution in [0, 0.1) is 28.6 Å². The van der Waals surface area contributed by atoms with Gasteiger partial charge in [-0.05, 0) is 103 Å². The number of hydrogen-bond donors (Lipinski definition) is 0. The molecule has 1 aromatic rings. The number of nitrogens with zero attached hydrogens (tertiary/aromatic N) is 2. The van der Waals surface area contributed by atoms with Gasteiger partial charge in [-0.25, -0.2) is 0 Å². The van der Waals surface area contributed by atoms with Crippen LogP contribution in [-0.4, -0.2) is 28.4 Å². The number of allylic oxidation sites excluding steroid dienone is 2. The highest BCUT2D eigenvalue weighted by atomic mass is 16.2. The lowest BCUT2D eigenvalue weighted by Gasteiger charge is -2.62. The van der Waals surface area contributed by atoms with Crippen molar-refractivity contribution >= 4 is 11.5 Å². The Bertz CT molecular complexity index is 875. The van der Waals surface area contributed by atoms with Crippen molar-refractivity contribution in [1.82, 2.24) is 9.88 Å². The second-order valence-electron chi connectivity index (χ2n) is 11.0. The highest BCUT2D eigenvalue weighted by Crippen LogP contribution is 2.66. The van der Waals surface area contributed by atoms with Crippen molar-refractivity contribution in [2.45, 2.75) is 85.1 Å². The molecule has 0 N–H and O–H groups in total. The zero-order valence-corrected chi connectivity index (χ0v) is 19.3. The van der Waals surface area contributed by atoms with Crippen LogP contribution < -0.4 is 0 Å². The molecular weight excluding hydrogens is 368 g/mol. The molecule has 0 aromatic carbocycles. The summed E-state index contributed by atoms with van der Waals surface area (Å²) in [5.74, 6) is 2.61. The molecule has 2 saturated carbocycles. The maximum Gasteiger partial charge on any atom is 0.219 e. The highest BCUT2D eigenvalue weighted by molar-refractivity contribution is 5.74. The fourth-order valence-corrected chi connectivity index (χ4v) is 8.31. The predicted molar refractivity (Wildman–Crippen MR) is 122 cm³/mol. The van der Waals surface area contributed by atoms with Crippen molar-refractivity contribution in [3.63, 3.8) is 0 Å². The predicted octanol–water partition coefficient (Wildman–Crippen LogP) is 5.89. The van der Waals surface area contributed by atoms with E-state index in [1.54, 1.807) is 12.5 Å². The number of pyridine rings is 1. The lowest BCUT2D eigenvalue weighted by atomic mass is 9.46. The van der Waals surface area contributed by atoms with Gasteiger partial charge in [0, 0.05) is 31.9 Å². The van der Waals surface area contributed by atoms with Gasteiger partial charge in [-0.2, -0.15) is 0 Å². The summed E-state index contributed by atoms with van der Waals surface area (Å²) < 4.78 is 0. The van der Waals surface area contributed by atoms with E-state index in [0.29, 0.717) is 11.5 Å². The summed E-state index contributed by atoms with van der Waals surface area (Å²) in [6.45, 7) is 10.0. The van der Waals surface area contributed by atoms with E-state index in [1.807, 2.05) is 6.20 Å². The van der Waals surface area contributed by atoms with Crippen LogP contribution in [0.2, 0.25) is 0 Å². The number of rotatable bonds is 2. The smallest absolute Gasteiger partial charge is 0.219 e. The molecule has 3 nitrogen and oxygen atoms in total. The minimum absolute atomic E-state index is 0.285. The van der Waals surface area contributed by atoms with Crippen molar-refractivity contribution in [3.05, 3.63) is 35.7 Å². The molecule has 1 aromatic heterocycles. The zero-order chi connectivity index (χ0) is 21.1. The molecule has 0 radical (unpaired) electrons. The topological polar surface area (TPSA) is 33.2 Å². The molecule has 1 amide bonds. The van der Waals surface area contributed by atoms with E-state index >= 15 is 0 Å². The molecule has 4 aliphatic rings. The van der Waals surface area contributed by atoms with Crippen molar-refractivity contribution < 1.29 is 4.79 Å². The van der Waals surface area contributed by atoms with Crippen LogP contribution in [-0.2, 0) is 11.2 Å². The van der Waals surface area contributed by atoms with Crippen molar-refractivity contribution in [3.8, 4) is 0 Å². The molecule has 3 aliphatic carbocycles. The Labute approximate surface area is 182 Å². The van der Waals surface area contributed by atoms with Gasteiger partial charge in [0.15, 0.2) is 0 Å². The molecule has 5 rings (SSSR count). The van der Waals surface area contributed by atoms with Gasteiger partial charge in [0.1, 0.15) is 0 Å². The average Bonchev–Trinajstić information content (AvgIpc) is 3.10. The molecule has 3 heteroatoms. The average molecular weight is 407 g/mol. The summed E-state index contributed by atoms with van der Waals surface area (Å²) in [4.78, 5) is 19.1. The van der Waals surface area contributed by atoms with E-state index in [9.17, 15) is 4.79 Å². The quantitative estimate of drug-likeness (QED) is 0.613. The van der Waals surface area contributed by atoms with Crippen molar-refractivity contribution in [2.24, 2.45) is 28.6 Å². The van der Waals surface area contributed by atoms with Crippen LogP contribution >= 0.6 is 0 Å². The fraction of sp³-hybridized carbons (Fsp3) is 0.704. The maximum absolute atomic E-state index is 12.4. The van der Waals surface area contributed by atoms with E-state index < -0.39 is 0 Å². The molecule has 6 atom stereocenters. The minimum atomic E-state index is 0.285. The number of carbonyl (C=O) groups is 1. The number of fused-ring (bicyclic) bond motifs is 5. The number of carbonyl (C=O) groups excluding carboxylic acids is 1. The van der Waals surface area contributed by atoms with Gasteiger partial charge in [0.2, 0.25) is 5.91 Å². The van der Waals surface area contributed by atoms with E-state index in [2.05, 4.69) is 49.0 Å². The van der Waals surface area contributed by atoms with Crippen LogP contribution in [0.3, 0.4) is 0 Å². The Hall–Kier alpha value is -1.64. The summed E-state index contributed by atoms with van der Waals surface area (Å²) in [5, 5.41) is 0. The SMILES string of the molecule is CCc1cncc(C2=CCC3C4CCC5N(C(C)=O)CCCC5(C)C4CCC23C)c1. The number of aryl methyl sites for hydroxylation is 1. The fourth-order valence-electron chi connectivity index (χ4n) is 8.31. The van der Waals surface area contributed by atoms with E-state index in [4.69, 9.17) is 0 Å². The molecule has 0 spiro atoms. The second kappa shape index (κ2) is 7.21. The van der Waals surface area contributed by atoms with Crippen LogP contribution in [0.5, 0.6) is 0 Å². The molecule has 3 fully saturated rings. The maximum atomic E-state index is 12.4. The van der Waals surface area contributed by atoms with Crippen molar-refractivity contribution in [2.75, 3.05) is 6.54 Å². The summed E-state index contributed by atoms with van der Waals surface area (Å²) in [7, 11) is 0. The number of hydrogen-bond acceptors (Lipinski definition) is 2. The van der Waals surface area contributed by atoms with Crippen LogP contribution in [0.4, 0.5) is 0 Å². The van der Waals surface area contributed by atoms with Gasteiger partial charge >= 0.3 is 0 Å². The monoisotopic (exact) mass is 406 g/mol. The third-order valence-electron chi connectivity index (χ3n) is 9.81. The number of amides is 1. The van der Waals surface area contributed by atoms with E-state index in [1.165, 1.54) is 56.1 Å². The van der Waals surface area contributed by atoms with Crippen LogP contribution in [0.1, 0.15) is 83.8 Å². The van der Waals surface area contributed by atoms with E-state index in [0.717, 1.165) is 30.7 Å². The van der Waals surface area contributed by atoms with Gasteiger partial charge in [-0.15, -0.1) is 0 Å². The molecule has 162 valence electrons. The normalized spacial score (nSPS) is 40.3. The first-order valence-corrected chi connectivity index (χ1v) is 12.3. The Kier molecular flexibility index (Phi) is 4.87. The zero-order valence-electron chi connectivity index (χ0n) is 19.3. The Morgan fingerprint density at radius 3 is 2.77 bits per heavy atom. The summed E-state index contributed by atoms with van der Waals surface area (Å²) in [6.07, 6.45) is 16.5. The Morgan fingerprint density at radius 1 is 1.17 bits per heavy atom. The van der Waals surface area contributed by atoms with Gasteiger partial charge in [-0.1, -0.05) is 26.8 Å². The second-order valence-corrected chi connectivity index (χ2v) is 11.0. The largest absolute Gasteiger partial charge is 0.339 e. The number of aromatic nitrogens is 1. The number of piperidine rings is 1. The summed E-state index contributed by atoms with van der Waals surface area (Å²) in [5.41, 5.74) is 4.86. The van der Waals surface area contributed by atoms with Crippen LogP contribution in [0.25, 0.3) is 5.57 Å². The Balaban J connectivity index is 1.44. The Morgan fingerprint density at radius 2 is 2.00 bits per heavy atom. The van der Waals surface area contributed by atoms with Gasteiger partial charge < -0.3 is 4.90 Å². The lowest BCUT2D eigenvalue weighted by molar-refractivity contribution is -0.151. The molecule has 1 aliphatic heterocycles. The first kappa shape index (κ1) is 20.3. The summed E-state index contributed by atoms with van der Waals surface area (Å²) >= 11 is 0. The minimum Gasteiger partial charge on any atom is -0.339 e. The lowest BCUT2D eigenvalue weighted by Crippen LogP contribution is -2.61. The van der Waals surface area contributed by atoms with Gasteiger partial charge in [-0.3, -0.25) is 9.78 Å². The standard InChI is InChI=1S/C27H38N2O/c1-5-19-15-20(17-28-16-19)22-8-9-23-21-7-10-25-27(4,12-6-14-29(25)18(2)30)24(21)11-13-26(22,23)3/h8,15-17,21,23-25H,5-7,9-14H2,1-4H3. The molecule has 1 saturated heterocycles. The first-order chi connectivity index (χ1) is 14.4. The third-order valence-corrected chi connectivity index (χ3v) is 9.81. The van der Waals surface area contributed by atoms with Crippen LogP contribution in [0.15, 0.2) is 24.5 Å². The number of likely N-dealkylation sites (tertiary alicyclic amines) is 1. The summed E-state index contributed by atoms with van der Waals surface area (Å²) in [6, 6.07) is 2.84.